The van der Waals surface area contributed by atoms with Crippen molar-refractivity contribution in [2.24, 2.45) is 0 Å². The Hall–Kier alpha value is -0.380. The highest BCUT2D eigenvalue weighted by molar-refractivity contribution is 4.85. The highest BCUT2D eigenvalue weighted by atomic mass is 16.5. The van der Waals surface area contributed by atoms with E-state index in [1.807, 2.05) is 0 Å². The molecule has 0 rings (SSSR count). The molecule has 0 aliphatic carbocycles. The fourth-order valence-electron chi connectivity index (χ4n) is 1.01. The summed E-state index contributed by atoms with van der Waals surface area (Å²) < 4.78 is 5.32. The lowest BCUT2D eigenvalue weighted by Crippen LogP contribution is -2.30. The van der Waals surface area contributed by atoms with Gasteiger partial charge in [0.05, 0.1) is 6.61 Å². The molecule has 13 heavy (non-hydrogen) atoms. The van der Waals surface area contributed by atoms with Crippen LogP contribution < -0.4 is 0 Å². The van der Waals surface area contributed by atoms with Crippen molar-refractivity contribution in [1.82, 2.24) is 0 Å². The van der Waals surface area contributed by atoms with Gasteiger partial charge in [0.1, 0.15) is 12.2 Å². The Balaban J connectivity index is 3.53. The Morgan fingerprint density at radius 1 is 1.46 bits per heavy atom. The molecular weight excluding hydrogens is 168 g/mol. The molecule has 3 heteroatoms. The smallest absolute Gasteiger partial charge is 0.107 e. The second-order valence-corrected chi connectivity index (χ2v) is 3.03. The average Bonchev–Trinajstić information content (AvgIpc) is 2.17. The number of hydrogen-bond donors (Lipinski definition) is 2. The molecule has 0 bridgehead atoms. The number of ether oxygens (including phenoxy) is 1. The quantitative estimate of drug-likeness (QED) is 0.443. The van der Waals surface area contributed by atoms with E-state index in [2.05, 4.69) is 13.5 Å². The largest absolute Gasteiger partial charge is 0.394 e. The minimum atomic E-state index is -0.848. The van der Waals surface area contributed by atoms with Gasteiger partial charge in [-0.15, -0.1) is 6.58 Å². The lowest BCUT2D eigenvalue weighted by atomic mass is 10.2. The van der Waals surface area contributed by atoms with E-state index in [1.165, 1.54) is 6.08 Å². The summed E-state index contributed by atoms with van der Waals surface area (Å²) in [5.74, 6) is 0. The zero-order valence-electron chi connectivity index (χ0n) is 8.28. The second-order valence-electron chi connectivity index (χ2n) is 3.03. The molecule has 0 heterocycles. The highest BCUT2D eigenvalue weighted by Gasteiger charge is 2.14. The first-order valence-corrected chi connectivity index (χ1v) is 4.79. The Labute approximate surface area is 80.0 Å². The van der Waals surface area contributed by atoms with Gasteiger partial charge in [-0.05, 0) is 6.42 Å². The molecular formula is C10H20O3. The average molecular weight is 188 g/mol. The number of aliphatic hydroxyl groups is 2. The third-order valence-corrected chi connectivity index (χ3v) is 1.86. The molecule has 2 N–H and O–H groups in total. The zero-order valence-corrected chi connectivity index (χ0v) is 8.28. The molecule has 3 nitrogen and oxygen atoms in total. The van der Waals surface area contributed by atoms with Crippen molar-refractivity contribution in [3.8, 4) is 0 Å². The van der Waals surface area contributed by atoms with Crippen LogP contribution in [0.1, 0.15) is 26.2 Å². The van der Waals surface area contributed by atoms with Crippen LogP contribution in [-0.4, -0.2) is 35.6 Å². The predicted molar refractivity (Wildman–Crippen MR) is 52.6 cm³/mol. The fraction of sp³-hybridized carbons (Fsp3) is 0.800. The molecule has 0 aromatic rings. The van der Waals surface area contributed by atoms with Crippen molar-refractivity contribution >= 4 is 0 Å². The zero-order chi connectivity index (χ0) is 10.1. The van der Waals surface area contributed by atoms with Crippen LogP contribution >= 0.6 is 0 Å². The Kier molecular flexibility index (Phi) is 7.99. The third-order valence-electron chi connectivity index (χ3n) is 1.86. The summed E-state index contributed by atoms with van der Waals surface area (Å²) in [6.45, 7) is 5.98. The third kappa shape index (κ3) is 5.80. The van der Waals surface area contributed by atoms with Gasteiger partial charge in [0.2, 0.25) is 0 Å². The molecule has 0 amide bonds. The second kappa shape index (κ2) is 8.23. The van der Waals surface area contributed by atoms with Gasteiger partial charge in [-0.25, -0.2) is 0 Å². The highest BCUT2D eigenvalue weighted by Crippen LogP contribution is 2.03. The number of unbranched alkanes of at least 4 members (excludes halogenated alkanes) is 2. The van der Waals surface area contributed by atoms with Crippen LogP contribution in [0, 0.1) is 0 Å². The molecule has 0 aliphatic heterocycles. The maximum absolute atomic E-state index is 9.23. The van der Waals surface area contributed by atoms with Crippen LogP contribution in [0.25, 0.3) is 0 Å². The van der Waals surface area contributed by atoms with Crippen molar-refractivity contribution < 1.29 is 14.9 Å². The first kappa shape index (κ1) is 12.6. The Morgan fingerprint density at radius 2 is 2.15 bits per heavy atom. The van der Waals surface area contributed by atoms with Crippen LogP contribution in [0.3, 0.4) is 0 Å². The monoisotopic (exact) mass is 188 g/mol. The fourth-order valence-corrected chi connectivity index (χ4v) is 1.01. The summed E-state index contributed by atoms with van der Waals surface area (Å²) in [6, 6.07) is 0. The van der Waals surface area contributed by atoms with E-state index in [4.69, 9.17) is 9.84 Å². The molecule has 0 saturated carbocycles. The van der Waals surface area contributed by atoms with Crippen LogP contribution in [0.4, 0.5) is 0 Å². The van der Waals surface area contributed by atoms with Gasteiger partial charge in [-0.1, -0.05) is 25.8 Å². The van der Waals surface area contributed by atoms with Gasteiger partial charge in [0.25, 0.3) is 0 Å². The molecule has 0 spiro atoms. The van der Waals surface area contributed by atoms with Crippen molar-refractivity contribution in [1.29, 1.82) is 0 Å². The summed E-state index contributed by atoms with van der Waals surface area (Å²) in [5.41, 5.74) is 0. The first-order valence-electron chi connectivity index (χ1n) is 4.79. The maximum Gasteiger partial charge on any atom is 0.107 e. The number of aliphatic hydroxyl groups excluding tert-OH is 2. The van der Waals surface area contributed by atoms with Crippen molar-refractivity contribution in [2.75, 3.05) is 13.2 Å². The van der Waals surface area contributed by atoms with Gasteiger partial charge in [-0.2, -0.15) is 0 Å². The minimum Gasteiger partial charge on any atom is -0.394 e. The first-order chi connectivity index (χ1) is 6.26. The van der Waals surface area contributed by atoms with E-state index < -0.39 is 12.2 Å². The van der Waals surface area contributed by atoms with Gasteiger partial charge < -0.3 is 14.9 Å². The van der Waals surface area contributed by atoms with E-state index in [0.717, 1.165) is 19.3 Å². The van der Waals surface area contributed by atoms with E-state index >= 15 is 0 Å². The SMILES string of the molecule is C=CC(OCCCCC)C(O)CO. The topological polar surface area (TPSA) is 49.7 Å². The minimum absolute atomic E-state index is 0.287. The molecule has 0 saturated heterocycles. The van der Waals surface area contributed by atoms with Crippen LogP contribution in [0.15, 0.2) is 12.7 Å². The summed E-state index contributed by atoms with van der Waals surface area (Å²) in [5, 5.41) is 17.9. The molecule has 78 valence electrons. The van der Waals surface area contributed by atoms with Crippen molar-refractivity contribution in [3.05, 3.63) is 12.7 Å². The number of hydrogen-bond acceptors (Lipinski definition) is 3. The van der Waals surface area contributed by atoms with E-state index in [0.29, 0.717) is 6.61 Å². The van der Waals surface area contributed by atoms with Gasteiger partial charge in [0, 0.05) is 6.61 Å². The van der Waals surface area contributed by atoms with E-state index in [1.54, 1.807) is 0 Å². The Morgan fingerprint density at radius 3 is 2.62 bits per heavy atom. The maximum atomic E-state index is 9.23. The predicted octanol–water partition coefficient (Wildman–Crippen LogP) is 1.10. The molecule has 2 unspecified atom stereocenters. The standard InChI is InChI=1S/C10H20O3/c1-3-5-6-7-13-10(4-2)9(12)8-11/h4,9-12H,2-3,5-8H2,1H3. The van der Waals surface area contributed by atoms with Crippen molar-refractivity contribution in [2.45, 2.75) is 38.4 Å². The summed E-state index contributed by atoms with van der Waals surface area (Å²) in [6.07, 6.45) is 3.48. The molecule has 2 atom stereocenters. The molecule has 0 aromatic heterocycles. The van der Waals surface area contributed by atoms with Crippen molar-refractivity contribution in [3.63, 3.8) is 0 Å². The molecule has 0 fully saturated rings. The Bertz CT molecular complexity index is 125. The summed E-state index contributed by atoms with van der Waals surface area (Å²) >= 11 is 0. The van der Waals surface area contributed by atoms with Gasteiger partial charge >= 0.3 is 0 Å². The van der Waals surface area contributed by atoms with Gasteiger partial charge in [-0.3, -0.25) is 0 Å². The normalized spacial score (nSPS) is 15.3. The molecule has 0 aliphatic rings. The summed E-state index contributed by atoms with van der Waals surface area (Å²) in [7, 11) is 0. The van der Waals surface area contributed by atoms with Crippen LogP contribution in [0.5, 0.6) is 0 Å². The number of rotatable bonds is 8. The lowest BCUT2D eigenvalue weighted by Gasteiger charge is -2.17. The van der Waals surface area contributed by atoms with Crippen LogP contribution in [0.2, 0.25) is 0 Å². The van der Waals surface area contributed by atoms with E-state index in [-0.39, 0.29) is 6.61 Å². The molecule has 0 aromatic carbocycles. The summed E-state index contributed by atoms with van der Waals surface area (Å²) in [4.78, 5) is 0. The molecule has 0 radical (unpaired) electrons. The van der Waals surface area contributed by atoms with E-state index in [9.17, 15) is 5.11 Å². The lowest BCUT2D eigenvalue weighted by molar-refractivity contribution is -0.0344. The van der Waals surface area contributed by atoms with Gasteiger partial charge in [0.15, 0.2) is 0 Å². The van der Waals surface area contributed by atoms with Crippen LogP contribution in [-0.2, 0) is 4.74 Å².